The fourth-order valence-electron chi connectivity index (χ4n) is 1.02. The summed E-state index contributed by atoms with van der Waals surface area (Å²) in [5, 5.41) is 8.14. The maximum Gasteiger partial charge on any atom is 0.413 e. The number of nitrogens with zero attached hydrogens (tertiary/aromatic N) is 1. The number of carbonyl (C=O) groups excluding carboxylic acids is 1. The highest BCUT2D eigenvalue weighted by Crippen LogP contribution is 2.20. The van der Waals surface area contributed by atoms with Gasteiger partial charge in [0.1, 0.15) is 0 Å². The highest BCUT2D eigenvalue weighted by molar-refractivity contribution is 7.13. The van der Waals surface area contributed by atoms with E-state index in [1.807, 2.05) is 19.4 Å². The molecule has 1 atom stereocenters. The molecule has 0 bridgehead atoms. The lowest BCUT2D eigenvalue weighted by Gasteiger charge is -2.07. The molecule has 0 spiro atoms. The molecule has 0 aliphatic rings. The van der Waals surface area contributed by atoms with Crippen molar-refractivity contribution >= 4 is 22.6 Å². The van der Waals surface area contributed by atoms with Crippen LogP contribution in [0.25, 0.3) is 0 Å². The van der Waals surface area contributed by atoms with Crippen LogP contribution in [0.4, 0.5) is 9.93 Å². The maximum atomic E-state index is 11.3. The number of amides is 1. The minimum absolute atomic E-state index is 0.129. The quantitative estimate of drug-likeness (QED) is 0.852. The average Bonchev–Trinajstić information content (AvgIpc) is 2.63. The van der Waals surface area contributed by atoms with Gasteiger partial charge in [-0.3, -0.25) is 5.32 Å². The molecule has 1 amide bonds. The van der Waals surface area contributed by atoms with Gasteiger partial charge in [0.25, 0.3) is 0 Å². The van der Waals surface area contributed by atoms with E-state index in [1.54, 1.807) is 13.8 Å². The molecule has 1 rings (SSSR count). The monoisotopic (exact) mass is 243 g/mol. The van der Waals surface area contributed by atoms with Gasteiger partial charge in [-0.15, -0.1) is 11.3 Å². The molecule has 1 unspecified atom stereocenters. The van der Waals surface area contributed by atoms with Crippen molar-refractivity contribution in [3.8, 4) is 0 Å². The summed E-state index contributed by atoms with van der Waals surface area (Å²) >= 11 is 1.39. The zero-order valence-corrected chi connectivity index (χ0v) is 10.7. The van der Waals surface area contributed by atoms with Crippen molar-refractivity contribution in [2.45, 2.75) is 32.9 Å². The number of thiazole rings is 1. The normalized spacial score (nSPS) is 12.6. The number of carbonyl (C=O) groups is 1. The predicted molar refractivity (Wildman–Crippen MR) is 64.8 cm³/mol. The molecule has 0 aliphatic carbocycles. The SMILES string of the molecule is CNC(C)c1csc(NC(=O)OC(C)C)n1. The van der Waals surface area contributed by atoms with Gasteiger partial charge in [0.2, 0.25) is 0 Å². The Morgan fingerprint density at radius 1 is 1.50 bits per heavy atom. The standard InChI is InChI=1S/C10H17N3O2S/c1-6(2)15-10(14)13-9-12-8(5-16-9)7(3)11-4/h5-7,11H,1-4H3,(H,12,13,14). The molecule has 0 saturated carbocycles. The van der Waals surface area contributed by atoms with E-state index in [2.05, 4.69) is 15.6 Å². The first-order chi connectivity index (χ1) is 7.52. The Labute approximate surface area is 99.2 Å². The van der Waals surface area contributed by atoms with Crippen LogP contribution >= 0.6 is 11.3 Å². The van der Waals surface area contributed by atoms with Gasteiger partial charge in [0.05, 0.1) is 11.8 Å². The molecule has 1 aromatic rings. The molecule has 1 heterocycles. The van der Waals surface area contributed by atoms with Gasteiger partial charge in [-0.2, -0.15) is 0 Å². The molecule has 5 nitrogen and oxygen atoms in total. The van der Waals surface area contributed by atoms with Crippen LogP contribution in [0.5, 0.6) is 0 Å². The minimum atomic E-state index is -0.465. The van der Waals surface area contributed by atoms with Crippen molar-refractivity contribution in [3.05, 3.63) is 11.1 Å². The van der Waals surface area contributed by atoms with Crippen LogP contribution in [0.2, 0.25) is 0 Å². The van der Waals surface area contributed by atoms with Crippen LogP contribution in [-0.2, 0) is 4.74 Å². The Hall–Kier alpha value is -1.14. The van der Waals surface area contributed by atoms with E-state index in [1.165, 1.54) is 11.3 Å². The van der Waals surface area contributed by atoms with Crippen LogP contribution in [0.15, 0.2) is 5.38 Å². The summed E-state index contributed by atoms with van der Waals surface area (Å²) in [6.07, 6.45) is -0.594. The number of rotatable bonds is 4. The van der Waals surface area contributed by atoms with Crippen molar-refractivity contribution in [1.82, 2.24) is 10.3 Å². The number of nitrogens with one attached hydrogen (secondary N) is 2. The molecule has 1 aromatic heterocycles. The van der Waals surface area contributed by atoms with E-state index < -0.39 is 6.09 Å². The first-order valence-corrected chi connectivity index (χ1v) is 6.01. The highest BCUT2D eigenvalue weighted by atomic mass is 32.1. The summed E-state index contributed by atoms with van der Waals surface area (Å²) < 4.78 is 4.95. The second-order valence-electron chi connectivity index (χ2n) is 3.67. The van der Waals surface area contributed by atoms with E-state index in [4.69, 9.17) is 4.74 Å². The Morgan fingerprint density at radius 3 is 2.75 bits per heavy atom. The summed E-state index contributed by atoms with van der Waals surface area (Å²) in [7, 11) is 1.87. The number of hydrogen-bond acceptors (Lipinski definition) is 5. The van der Waals surface area contributed by atoms with Crippen molar-refractivity contribution in [2.24, 2.45) is 0 Å². The molecule has 0 aromatic carbocycles. The molecule has 0 radical (unpaired) electrons. The van der Waals surface area contributed by atoms with Gasteiger partial charge in [0, 0.05) is 11.4 Å². The fraction of sp³-hybridized carbons (Fsp3) is 0.600. The molecule has 6 heteroatoms. The Balaban J connectivity index is 2.55. The first-order valence-electron chi connectivity index (χ1n) is 5.13. The summed E-state index contributed by atoms with van der Waals surface area (Å²) in [5.41, 5.74) is 0.910. The Morgan fingerprint density at radius 2 is 2.19 bits per heavy atom. The lowest BCUT2D eigenvalue weighted by atomic mass is 10.3. The number of ether oxygens (including phenoxy) is 1. The molecule has 0 saturated heterocycles. The zero-order chi connectivity index (χ0) is 12.1. The third-order valence-corrected chi connectivity index (χ3v) is 2.73. The van der Waals surface area contributed by atoms with Gasteiger partial charge < -0.3 is 10.1 Å². The number of aromatic nitrogens is 1. The Bertz CT molecular complexity index is 352. The Kier molecular flexibility index (Phi) is 4.70. The van der Waals surface area contributed by atoms with Crippen LogP contribution < -0.4 is 10.6 Å². The van der Waals surface area contributed by atoms with E-state index in [-0.39, 0.29) is 12.1 Å². The zero-order valence-electron chi connectivity index (χ0n) is 9.90. The largest absolute Gasteiger partial charge is 0.447 e. The van der Waals surface area contributed by atoms with E-state index >= 15 is 0 Å². The smallest absolute Gasteiger partial charge is 0.413 e. The summed E-state index contributed by atoms with van der Waals surface area (Å²) in [6.45, 7) is 5.61. The van der Waals surface area contributed by atoms with E-state index in [9.17, 15) is 4.79 Å². The van der Waals surface area contributed by atoms with Crippen molar-refractivity contribution in [3.63, 3.8) is 0 Å². The van der Waals surface area contributed by atoms with Crippen LogP contribution in [0.1, 0.15) is 32.5 Å². The molecular formula is C10H17N3O2S. The van der Waals surface area contributed by atoms with Crippen LogP contribution in [-0.4, -0.2) is 24.2 Å². The molecule has 0 fully saturated rings. The maximum absolute atomic E-state index is 11.3. The van der Waals surface area contributed by atoms with Crippen molar-refractivity contribution in [1.29, 1.82) is 0 Å². The van der Waals surface area contributed by atoms with Crippen LogP contribution in [0, 0.1) is 0 Å². The van der Waals surface area contributed by atoms with E-state index in [0.717, 1.165) is 5.69 Å². The van der Waals surface area contributed by atoms with Gasteiger partial charge in [-0.25, -0.2) is 9.78 Å². The number of anilines is 1. The molecule has 2 N–H and O–H groups in total. The molecule has 90 valence electrons. The summed E-state index contributed by atoms with van der Waals surface area (Å²) in [6, 6.07) is 0.174. The van der Waals surface area contributed by atoms with Gasteiger partial charge in [0.15, 0.2) is 5.13 Å². The lowest BCUT2D eigenvalue weighted by molar-refractivity contribution is 0.130. The van der Waals surface area contributed by atoms with Crippen LogP contribution in [0.3, 0.4) is 0 Å². The fourth-order valence-corrected chi connectivity index (χ4v) is 1.81. The average molecular weight is 243 g/mol. The summed E-state index contributed by atoms with van der Waals surface area (Å²) in [4.78, 5) is 15.6. The molecular weight excluding hydrogens is 226 g/mol. The minimum Gasteiger partial charge on any atom is -0.447 e. The summed E-state index contributed by atoms with van der Waals surface area (Å²) in [5.74, 6) is 0. The molecule has 0 aliphatic heterocycles. The molecule has 16 heavy (non-hydrogen) atoms. The van der Waals surface area contributed by atoms with Crippen molar-refractivity contribution in [2.75, 3.05) is 12.4 Å². The lowest BCUT2D eigenvalue weighted by Crippen LogP contribution is -2.18. The van der Waals surface area contributed by atoms with Gasteiger partial charge in [-0.1, -0.05) is 0 Å². The van der Waals surface area contributed by atoms with Crippen molar-refractivity contribution < 1.29 is 9.53 Å². The second kappa shape index (κ2) is 5.81. The third-order valence-electron chi connectivity index (χ3n) is 1.95. The number of hydrogen-bond donors (Lipinski definition) is 2. The van der Waals surface area contributed by atoms with Gasteiger partial charge >= 0.3 is 6.09 Å². The van der Waals surface area contributed by atoms with E-state index in [0.29, 0.717) is 5.13 Å². The van der Waals surface area contributed by atoms with Gasteiger partial charge in [-0.05, 0) is 27.8 Å². The first kappa shape index (κ1) is 12.9. The predicted octanol–water partition coefficient (Wildman–Crippen LogP) is 2.38. The highest BCUT2D eigenvalue weighted by Gasteiger charge is 2.11. The topological polar surface area (TPSA) is 63.2 Å². The third kappa shape index (κ3) is 3.79. The second-order valence-corrected chi connectivity index (χ2v) is 4.53.